The largest absolute Gasteiger partial charge is 0.268 e. The van der Waals surface area contributed by atoms with Gasteiger partial charge in [-0.2, -0.15) is 0 Å². The molecule has 0 fully saturated rings. The summed E-state index contributed by atoms with van der Waals surface area (Å²) in [6.07, 6.45) is -0.0659. The van der Waals surface area contributed by atoms with Crippen molar-refractivity contribution in [3.63, 3.8) is 0 Å². The molecule has 0 amide bonds. The molecule has 0 nitrogen and oxygen atoms in total. The van der Waals surface area contributed by atoms with Crippen LogP contribution in [-0.2, 0) is 0 Å². The number of alkyl halides is 4. The summed E-state index contributed by atoms with van der Waals surface area (Å²) in [5, 5.41) is 0. The van der Waals surface area contributed by atoms with Gasteiger partial charge in [-0.15, -0.1) is 0 Å². The Hall–Kier alpha value is 1.32. The molecular weight excluding hydrogens is 340 g/mol. The molecule has 0 saturated carbocycles. The van der Waals surface area contributed by atoms with Crippen LogP contribution in [0.25, 0.3) is 0 Å². The first kappa shape index (κ1) is 9.32. The Kier molecular flexibility index (Phi) is 4.05. The van der Waals surface area contributed by atoms with Crippen molar-refractivity contribution >= 4 is 45.2 Å². The van der Waals surface area contributed by atoms with E-state index in [2.05, 4.69) is 0 Å². The smallest absolute Gasteiger partial charge is 0.205 e. The molecule has 50 valence electrons. The molecule has 0 aliphatic heterocycles. The van der Waals surface area contributed by atoms with Crippen molar-refractivity contribution in [1.29, 1.82) is 0 Å². The Morgan fingerprint density at radius 1 is 1.50 bits per heavy atom. The number of halogens is 4. The van der Waals surface area contributed by atoms with Gasteiger partial charge in [-0.25, -0.2) is 8.78 Å². The van der Waals surface area contributed by atoms with Crippen molar-refractivity contribution in [2.24, 2.45) is 0 Å². The minimum Gasteiger partial charge on any atom is -0.205 e. The summed E-state index contributed by atoms with van der Waals surface area (Å²) >= 11 is 3.44. The molecule has 0 aromatic carbocycles. The van der Waals surface area contributed by atoms with E-state index in [1.807, 2.05) is 0 Å². The summed E-state index contributed by atoms with van der Waals surface area (Å²) in [5.74, 6) is -2.48. The van der Waals surface area contributed by atoms with Crippen molar-refractivity contribution in [2.75, 3.05) is 0 Å². The van der Waals surface area contributed by atoms with Crippen LogP contribution in [0.1, 0.15) is 13.3 Å². The number of rotatable bonds is 2. The topological polar surface area (TPSA) is 0 Å². The molecule has 0 aromatic rings. The monoisotopic (exact) mass is 346 g/mol. The lowest BCUT2D eigenvalue weighted by Crippen LogP contribution is -2.21. The average Bonchev–Trinajstić information content (AvgIpc) is 1.67. The quantitative estimate of drug-likeness (QED) is 0.532. The van der Waals surface area contributed by atoms with E-state index in [0.29, 0.717) is 0 Å². The summed E-state index contributed by atoms with van der Waals surface area (Å²) in [4.78, 5) is 0. The van der Waals surface area contributed by atoms with Crippen LogP contribution in [0.2, 0.25) is 0 Å². The molecule has 4 heteroatoms. The highest BCUT2D eigenvalue weighted by molar-refractivity contribution is 14.2. The Bertz CT molecular complexity index is 72.4. The molecule has 0 aliphatic carbocycles. The fraction of sp³-hybridized carbons (Fsp3) is 1.00. The van der Waals surface area contributed by atoms with Gasteiger partial charge in [0.15, 0.2) is 0 Å². The Labute approximate surface area is 74.7 Å². The lowest BCUT2D eigenvalue weighted by Gasteiger charge is -2.14. The molecule has 0 radical (unpaired) electrons. The lowest BCUT2D eigenvalue weighted by atomic mass is 10.3. The predicted octanol–water partition coefficient (Wildman–Crippen LogP) is 3.23. The minimum absolute atomic E-state index is 0.0659. The summed E-state index contributed by atoms with van der Waals surface area (Å²) in [7, 11) is 0. The van der Waals surface area contributed by atoms with E-state index in [4.69, 9.17) is 0 Å². The first-order valence-electron chi connectivity index (χ1n) is 2.16. The first-order chi connectivity index (χ1) is 3.50. The zero-order chi connectivity index (χ0) is 6.78. The first-order valence-corrected chi connectivity index (χ1v) is 4.65. The average molecular weight is 346 g/mol. The van der Waals surface area contributed by atoms with Gasteiger partial charge in [0.05, 0.1) is 0 Å². The maximum Gasteiger partial charge on any atom is 0.268 e. The van der Waals surface area contributed by atoms with Gasteiger partial charge in [0.1, 0.15) is 1.93 Å². The fourth-order valence-electron chi connectivity index (χ4n) is 0.154. The maximum atomic E-state index is 12.3. The van der Waals surface area contributed by atoms with Gasteiger partial charge in [-0.05, 0) is 0 Å². The fourth-order valence-corrected chi connectivity index (χ4v) is 1.04. The summed E-state index contributed by atoms with van der Waals surface area (Å²) in [5.41, 5.74) is 0. The van der Waals surface area contributed by atoms with E-state index in [1.54, 1.807) is 45.2 Å². The van der Waals surface area contributed by atoms with Crippen molar-refractivity contribution in [2.45, 2.75) is 21.2 Å². The summed E-state index contributed by atoms with van der Waals surface area (Å²) in [6.45, 7) is 1.49. The van der Waals surface area contributed by atoms with Crippen LogP contribution in [0.5, 0.6) is 0 Å². The van der Waals surface area contributed by atoms with Crippen LogP contribution in [0, 0.1) is 0 Å². The van der Waals surface area contributed by atoms with Crippen LogP contribution in [0.3, 0.4) is 0 Å². The molecule has 0 unspecified atom stereocenters. The second-order valence-corrected chi connectivity index (χ2v) is 6.29. The standard InChI is InChI=1S/C4H6F2I2/c1-2-4(5,6)3(7)8/h3H,2H2,1H3. The second-order valence-electron chi connectivity index (χ2n) is 1.42. The molecule has 8 heavy (non-hydrogen) atoms. The zero-order valence-corrected chi connectivity index (χ0v) is 8.61. The van der Waals surface area contributed by atoms with Crippen molar-refractivity contribution in [1.82, 2.24) is 0 Å². The van der Waals surface area contributed by atoms with E-state index in [1.165, 1.54) is 6.92 Å². The van der Waals surface area contributed by atoms with Gasteiger partial charge in [0.25, 0.3) is 5.92 Å². The van der Waals surface area contributed by atoms with Crippen LogP contribution >= 0.6 is 45.2 Å². The zero-order valence-electron chi connectivity index (χ0n) is 4.30. The number of hydrogen-bond donors (Lipinski definition) is 0. The van der Waals surface area contributed by atoms with E-state index >= 15 is 0 Å². The molecular formula is C4H6F2I2. The van der Waals surface area contributed by atoms with Crippen LogP contribution in [-0.4, -0.2) is 7.85 Å². The van der Waals surface area contributed by atoms with E-state index in [-0.39, 0.29) is 6.42 Å². The Balaban J connectivity index is 3.71. The molecule has 0 saturated heterocycles. The number of hydrogen-bond acceptors (Lipinski definition) is 0. The molecule has 0 bridgehead atoms. The third kappa shape index (κ3) is 2.75. The van der Waals surface area contributed by atoms with Crippen LogP contribution in [0.15, 0.2) is 0 Å². The highest BCUT2D eigenvalue weighted by atomic mass is 127. The third-order valence-corrected chi connectivity index (χ3v) is 2.61. The van der Waals surface area contributed by atoms with Crippen molar-refractivity contribution in [3.8, 4) is 0 Å². The predicted molar refractivity (Wildman–Crippen MR) is 47.1 cm³/mol. The molecule has 0 atom stereocenters. The highest BCUT2D eigenvalue weighted by Crippen LogP contribution is 2.32. The van der Waals surface area contributed by atoms with Crippen molar-refractivity contribution in [3.05, 3.63) is 0 Å². The van der Waals surface area contributed by atoms with Gasteiger partial charge in [-0.1, -0.05) is 52.1 Å². The van der Waals surface area contributed by atoms with Crippen molar-refractivity contribution < 1.29 is 8.78 Å². The second kappa shape index (κ2) is 3.48. The molecule has 0 N–H and O–H groups in total. The molecule has 0 heterocycles. The van der Waals surface area contributed by atoms with Gasteiger partial charge in [0.2, 0.25) is 0 Å². The van der Waals surface area contributed by atoms with Gasteiger partial charge in [-0.3, -0.25) is 0 Å². The van der Waals surface area contributed by atoms with Gasteiger partial charge < -0.3 is 0 Å². The minimum atomic E-state index is -2.48. The van der Waals surface area contributed by atoms with Gasteiger partial charge >= 0.3 is 0 Å². The van der Waals surface area contributed by atoms with E-state index in [0.717, 1.165) is 0 Å². The normalized spacial score (nSPS) is 12.8. The van der Waals surface area contributed by atoms with Crippen LogP contribution < -0.4 is 0 Å². The van der Waals surface area contributed by atoms with E-state index in [9.17, 15) is 8.78 Å². The molecule has 0 aliphatic rings. The lowest BCUT2D eigenvalue weighted by molar-refractivity contribution is 0.0224. The summed E-state index contributed by atoms with van der Waals surface area (Å²) < 4.78 is 23.9. The van der Waals surface area contributed by atoms with E-state index < -0.39 is 7.85 Å². The SMILES string of the molecule is CCC(F)(F)C(I)I. The molecule has 0 aromatic heterocycles. The Morgan fingerprint density at radius 3 is 1.88 bits per heavy atom. The van der Waals surface area contributed by atoms with Crippen LogP contribution in [0.4, 0.5) is 8.78 Å². The third-order valence-electron chi connectivity index (χ3n) is 0.791. The van der Waals surface area contributed by atoms with Gasteiger partial charge in [0, 0.05) is 6.42 Å². The molecule has 0 rings (SSSR count). The Morgan fingerprint density at radius 2 is 1.88 bits per heavy atom. The summed E-state index contributed by atoms with van der Waals surface area (Å²) in [6, 6.07) is 0. The molecule has 0 spiro atoms. The maximum absolute atomic E-state index is 12.3. The highest BCUT2D eigenvalue weighted by Gasteiger charge is 2.33.